The third kappa shape index (κ3) is 8.61. The van der Waals surface area contributed by atoms with Crippen LogP contribution in [0.3, 0.4) is 0 Å². The van der Waals surface area contributed by atoms with Crippen LogP contribution in [-0.4, -0.2) is 37.8 Å². The van der Waals surface area contributed by atoms with Gasteiger partial charge in [-0.2, -0.15) is 0 Å². The molecule has 138 valence electrons. The molecule has 0 aliphatic heterocycles. The number of benzene rings is 1. The molecule has 5 nitrogen and oxygen atoms in total. The average molecular weight is 449 g/mol. The normalized spacial score (nSPS) is 11.1. The summed E-state index contributed by atoms with van der Waals surface area (Å²) < 4.78 is 5.13. The van der Waals surface area contributed by atoms with E-state index in [4.69, 9.17) is 4.74 Å². The standard InChI is InChI=1S/C18H31N3O2.HI/c1-5-19-18(20-12-7-8-14(2)3)21-13-11-15-9-6-10-16(23-4)17(15)22;/h6,9-10,14,22H,5,7-8,11-13H2,1-4H3,(H2,19,20,21);1H. The van der Waals surface area contributed by atoms with Gasteiger partial charge in [-0.1, -0.05) is 26.0 Å². The molecule has 0 amide bonds. The summed E-state index contributed by atoms with van der Waals surface area (Å²) in [6, 6.07) is 5.55. The Labute approximate surface area is 163 Å². The molecule has 1 aromatic rings. The van der Waals surface area contributed by atoms with E-state index in [9.17, 15) is 5.11 Å². The number of aromatic hydroxyl groups is 1. The lowest BCUT2D eigenvalue weighted by molar-refractivity contribution is 0.370. The summed E-state index contributed by atoms with van der Waals surface area (Å²) >= 11 is 0. The first-order chi connectivity index (χ1) is 11.1. The van der Waals surface area contributed by atoms with Crippen molar-refractivity contribution in [1.82, 2.24) is 10.6 Å². The Hall–Kier alpha value is -1.18. The van der Waals surface area contributed by atoms with Crippen LogP contribution in [0.15, 0.2) is 23.2 Å². The molecule has 0 aliphatic carbocycles. The number of ether oxygens (including phenoxy) is 1. The lowest BCUT2D eigenvalue weighted by atomic mass is 10.1. The lowest BCUT2D eigenvalue weighted by Gasteiger charge is -2.13. The predicted molar refractivity (Wildman–Crippen MR) is 112 cm³/mol. The molecule has 3 N–H and O–H groups in total. The van der Waals surface area contributed by atoms with Crippen LogP contribution in [0.2, 0.25) is 0 Å². The van der Waals surface area contributed by atoms with E-state index in [1.165, 1.54) is 6.42 Å². The van der Waals surface area contributed by atoms with Gasteiger partial charge in [0.25, 0.3) is 0 Å². The SMILES string of the molecule is CCNC(=NCCCC(C)C)NCCc1cccc(OC)c1O.I. The maximum atomic E-state index is 10.1. The van der Waals surface area contributed by atoms with Crippen LogP contribution in [-0.2, 0) is 6.42 Å². The first-order valence-electron chi connectivity index (χ1n) is 8.45. The van der Waals surface area contributed by atoms with Gasteiger partial charge in [0, 0.05) is 19.6 Å². The van der Waals surface area contributed by atoms with Gasteiger partial charge in [-0.25, -0.2) is 0 Å². The van der Waals surface area contributed by atoms with E-state index < -0.39 is 0 Å². The third-order valence-electron chi connectivity index (χ3n) is 3.54. The summed E-state index contributed by atoms with van der Waals surface area (Å²) in [4.78, 5) is 4.58. The maximum Gasteiger partial charge on any atom is 0.191 e. The molecule has 0 aromatic heterocycles. The number of hydrogen-bond acceptors (Lipinski definition) is 3. The van der Waals surface area contributed by atoms with Crippen molar-refractivity contribution in [1.29, 1.82) is 0 Å². The van der Waals surface area contributed by atoms with Gasteiger partial charge in [0.1, 0.15) is 0 Å². The van der Waals surface area contributed by atoms with Crippen molar-refractivity contribution in [3.05, 3.63) is 23.8 Å². The number of hydrogen-bond donors (Lipinski definition) is 3. The minimum atomic E-state index is 0. The van der Waals surface area contributed by atoms with E-state index in [1.54, 1.807) is 13.2 Å². The summed E-state index contributed by atoms with van der Waals surface area (Å²) in [5, 5.41) is 16.6. The molecule has 0 spiro atoms. The monoisotopic (exact) mass is 449 g/mol. The number of nitrogens with zero attached hydrogens (tertiary/aromatic N) is 1. The molecular formula is C18H32IN3O2. The second-order valence-corrected chi connectivity index (χ2v) is 5.94. The Balaban J connectivity index is 0.00000529. The summed E-state index contributed by atoms with van der Waals surface area (Å²) in [5.74, 6) is 2.28. The fourth-order valence-corrected chi connectivity index (χ4v) is 2.28. The topological polar surface area (TPSA) is 65.9 Å². The van der Waals surface area contributed by atoms with E-state index >= 15 is 0 Å². The minimum absolute atomic E-state index is 0. The Kier molecular flexibility index (Phi) is 12.5. The highest BCUT2D eigenvalue weighted by atomic mass is 127. The quantitative estimate of drug-likeness (QED) is 0.234. The number of nitrogens with one attached hydrogen (secondary N) is 2. The van der Waals surface area contributed by atoms with Gasteiger partial charge in [-0.05, 0) is 43.7 Å². The zero-order valence-corrected chi connectivity index (χ0v) is 17.6. The Morgan fingerprint density at radius 2 is 2.04 bits per heavy atom. The first-order valence-corrected chi connectivity index (χ1v) is 8.45. The number of phenolic OH excluding ortho intramolecular Hbond substituents is 1. The number of phenols is 1. The van der Waals surface area contributed by atoms with Crippen LogP contribution in [0.5, 0.6) is 11.5 Å². The van der Waals surface area contributed by atoms with Crippen LogP contribution in [0.4, 0.5) is 0 Å². The van der Waals surface area contributed by atoms with E-state index in [1.807, 2.05) is 12.1 Å². The highest BCUT2D eigenvalue weighted by Gasteiger charge is 2.07. The molecule has 0 bridgehead atoms. The summed E-state index contributed by atoms with van der Waals surface area (Å²) in [5.41, 5.74) is 0.868. The predicted octanol–water partition coefficient (Wildman–Crippen LogP) is 3.55. The van der Waals surface area contributed by atoms with Gasteiger partial charge in [0.05, 0.1) is 7.11 Å². The number of aliphatic imine (C=N–C) groups is 1. The molecule has 6 heteroatoms. The van der Waals surface area contributed by atoms with Crippen LogP contribution >= 0.6 is 24.0 Å². The van der Waals surface area contributed by atoms with E-state index in [-0.39, 0.29) is 29.7 Å². The number of halogens is 1. The molecule has 0 unspecified atom stereocenters. The average Bonchev–Trinajstić information content (AvgIpc) is 2.52. The fraction of sp³-hybridized carbons (Fsp3) is 0.611. The van der Waals surface area contributed by atoms with Gasteiger partial charge in [-0.3, -0.25) is 4.99 Å². The molecule has 0 radical (unpaired) electrons. The molecular weight excluding hydrogens is 417 g/mol. The van der Waals surface area contributed by atoms with Gasteiger partial charge in [0.15, 0.2) is 17.5 Å². The van der Waals surface area contributed by atoms with Crippen LogP contribution in [0.25, 0.3) is 0 Å². The number of para-hydroxylation sites is 1. The summed E-state index contributed by atoms with van der Waals surface area (Å²) in [6.45, 7) is 8.88. The van der Waals surface area contributed by atoms with Crippen molar-refractivity contribution in [2.24, 2.45) is 10.9 Å². The highest BCUT2D eigenvalue weighted by molar-refractivity contribution is 14.0. The molecule has 1 aromatic carbocycles. The van der Waals surface area contributed by atoms with E-state index in [0.29, 0.717) is 18.7 Å². The number of guanidine groups is 1. The van der Waals surface area contributed by atoms with Gasteiger partial charge >= 0.3 is 0 Å². The van der Waals surface area contributed by atoms with E-state index in [2.05, 4.69) is 36.4 Å². The second kappa shape index (κ2) is 13.1. The highest BCUT2D eigenvalue weighted by Crippen LogP contribution is 2.29. The summed E-state index contributed by atoms with van der Waals surface area (Å²) in [7, 11) is 1.56. The van der Waals surface area contributed by atoms with Crippen molar-refractivity contribution in [2.45, 2.75) is 40.0 Å². The number of rotatable bonds is 9. The first kappa shape index (κ1) is 22.8. The molecule has 0 aliphatic rings. The Bertz CT molecular complexity index is 493. The minimum Gasteiger partial charge on any atom is -0.504 e. The molecule has 0 saturated heterocycles. The lowest BCUT2D eigenvalue weighted by Crippen LogP contribution is -2.38. The van der Waals surface area contributed by atoms with Crippen molar-refractivity contribution in [3.8, 4) is 11.5 Å². The zero-order chi connectivity index (χ0) is 17.1. The van der Waals surface area contributed by atoms with Crippen LogP contribution in [0.1, 0.15) is 39.2 Å². The van der Waals surface area contributed by atoms with Crippen LogP contribution < -0.4 is 15.4 Å². The third-order valence-corrected chi connectivity index (χ3v) is 3.54. The van der Waals surface area contributed by atoms with Crippen molar-refractivity contribution in [3.63, 3.8) is 0 Å². The Morgan fingerprint density at radius 3 is 2.67 bits per heavy atom. The van der Waals surface area contributed by atoms with Gasteiger partial charge in [0.2, 0.25) is 0 Å². The number of methoxy groups -OCH3 is 1. The molecule has 0 fully saturated rings. The second-order valence-electron chi connectivity index (χ2n) is 5.94. The van der Waals surface area contributed by atoms with Crippen LogP contribution in [0, 0.1) is 5.92 Å². The Morgan fingerprint density at radius 1 is 1.29 bits per heavy atom. The molecule has 0 heterocycles. The molecule has 24 heavy (non-hydrogen) atoms. The molecule has 1 rings (SSSR count). The van der Waals surface area contributed by atoms with Gasteiger partial charge in [-0.15, -0.1) is 24.0 Å². The van der Waals surface area contributed by atoms with Crippen molar-refractivity contribution < 1.29 is 9.84 Å². The zero-order valence-electron chi connectivity index (χ0n) is 15.3. The largest absolute Gasteiger partial charge is 0.504 e. The summed E-state index contributed by atoms with van der Waals surface area (Å²) in [6.07, 6.45) is 3.00. The molecule has 0 saturated carbocycles. The maximum absolute atomic E-state index is 10.1. The van der Waals surface area contributed by atoms with E-state index in [0.717, 1.165) is 37.0 Å². The molecule has 0 atom stereocenters. The smallest absolute Gasteiger partial charge is 0.191 e. The fourth-order valence-electron chi connectivity index (χ4n) is 2.28. The van der Waals surface area contributed by atoms with Crippen molar-refractivity contribution >= 4 is 29.9 Å². The van der Waals surface area contributed by atoms with Gasteiger partial charge < -0.3 is 20.5 Å². The van der Waals surface area contributed by atoms with Crippen molar-refractivity contribution in [2.75, 3.05) is 26.7 Å².